The number of piperidine rings is 1. The zero-order valence-electron chi connectivity index (χ0n) is 14.7. The number of carbonyl (C=O) groups excluding carboxylic acids is 2. The number of carbonyl (C=O) groups is 2. The van der Waals surface area contributed by atoms with Gasteiger partial charge in [0.15, 0.2) is 0 Å². The lowest BCUT2D eigenvalue weighted by Gasteiger charge is -2.35. The molecule has 5 rings (SSSR count). The summed E-state index contributed by atoms with van der Waals surface area (Å²) in [6.07, 6.45) is 6.25. The first-order valence-corrected chi connectivity index (χ1v) is 8.99. The van der Waals surface area contributed by atoms with Gasteiger partial charge in [-0.25, -0.2) is 14.2 Å². The molecule has 140 valence electrons. The fraction of sp³-hybridized carbons (Fsp3) is 0.368. The molecule has 4 heterocycles. The first kappa shape index (κ1) is 17.4. The smallest absolute Gasteiger partial charge is 0.322 e. The Balaban J connectivity index is 1.49. The van der Waals surface area contributed by atoms with Gasteiger partial charge in [0.25, 0.3) is 5.91 Å². The molecule has 2 atom stereocenters. The van der Waals surface area contributed by atoms with Crippen molar-refractivity contribution < 1.29 is 14.0 Å². The van der Waals surface area contributed by atoms with Crippen LogP contribution in [0.3, 0.4) is 0 Å². The molecular formula is C19H20FN5O2. The Kier molecular flexibility index (Phi) is 4.70. The molecule has 3 amide bonds. The minimum absolute atomic E-state index is 0.101. The summed E-state index contributed by atoms with van der Waals surface area (Å²) in [5, 5.41) is 2.65. The van der Waals surface area contributed by atoms with Gasteiger partial charge in [0.1, 0.15) is 11.5 Å². The SMILES string of the molecule is O=C(c1cnccn1)N1C[C@@H]2CC[C@H](C1)N(C(=O)Nc1ccccc1F)C2. The number of nitrogens with zero attached hydrogens (tertiary/aromatic N) is 4. The van der Waals surface area contributed by atoms with Crippen LogP contribution in [0.15, 0.2) is 42.9 Å². The summed E-state index contributed by atoms with van der Waals surface area (Å²) < 4.78 is 13.8. The van der Waals surface area contributed by atoms with E-state index in [1.54, 1.807) is 21.9 Å². The zero-order chi connectivity index (χ0) is 18.8. The molecule has 1 aromatic carbocycles. The van der Waals surface area contributed by atoms with Gasteiger partial charge in [-0.1, -0.05) is 12.1 Å². The number of amides is 3. The Morgan fingerprint density at radius 1 is 1.11 bits per heavy atom. The van der Waals surface area contributed by atoms with Crippen LogP contribution in [0.1, 0.15) is 23.3 Å². The van der Waals surface area contributed by atoms with E-state index in [1.165, 1.54) is 30.7 Å². The Morgan fingerprint density at radius 3 is 2.74 bits per heavy atom. The number of hydrogen-bond acceptors (Lipinski definition) is 4. The molecule has 3 aliphatic heterocycles. The maximum Gasteiger partial charge on any atom is 0.322 e. The number of aromatic nitrogens is 2. The molecule has 1 aromatic heterocycles. The van der Waals surface area contributed by atoms with Gasteiger partial charge >= 0.3 is 6.03 Å². The van der Waals surface area contributed by atoms with Crippen molar-refractivity contribution >= 4 is 17.6 Å². The minimum Gasteiger partial charge on any atom is -0.335 e. The van der Waals surface area contributed by atoms with Crippen LogP contribution in [-0.4, -0.2) is 57.4 Å². The van der Waals surface area contributed by atoms with Gasteiger partial charge in [-0.2, -0.15) is 0 Å². The molecule has 27 heavy (non-hydrogen) atoms. The predicted molar refractivity (Wildman–Crippen MR) is 96.6 cm³/mol. The molecule has 0 unspecified atom stereocenters. The highest BCUT2D eigenvalue weighted by atomic mass is 19.1. The molecule has 0 saturated carbocycles. The molecular weight excluding hydrogens is 349 g/mol. The van der Waals surface area contributed by atoms with Crippen molar-refractivity contribution in [1.29, 1.82) is 0 Å². The van der Waals surface area contributed by atoms with Crippen molar-refractivity contribution in [2.45, 2.75) is 18.9 Å². The molecule has 7 nitrogen and oxygen atoms in total. The van der Waals surface area contributed by atoms with Crippen LogP contribution < -0.4 is 5.32 Å². The standard InChI is InChI=1S/C19H20FN5O2/c20-15-3-1-2-4-16(15)23-19(27)25-11-13-5-6-14(25)12-24(10-13)18(26)17-9-21-7-8-22-17/h1-4,7-9,13-14H,5-6,10-12H2,(H,23,27)/t13-,14+/m0/s1. The monoisotopic (exact) mass is 369 g/mol. The molecule has 0 radical (unpaired) electrons. The maximum absolute atomic E-state index is 13.8. The largest absolute Gasteiger partial charge is 0.335 e. The van der Waals surface area contributed by atoms with E-state index in [9.17, 15) is 14.0 Å². The molecule has 0 aliphatic carbocycles. The highest BCUT2D eigenvalue weighted by Gasteiger charge is 2.39. The molecule has 8 heteroatoms. The Morgan fingerprint density at radius 2 is 1.96 bits per heavy atom. The number of anilines is 1. The summed E-state index contributed by atoms with van der Waals surface area (Å²) in [4.78, 5) is 37.0. The summed E-state index contributed by atoms with van der Waals surface area (Å²) in [5.74, 6) is -0.447. The van der Waals surface area contributed by atoms with Crippen molar-refractivity contribution in [2.75, 3.05) is 25.0 Å². The lowest BCUT2D eigenvalue weighted by molar-refractivity contribution is 0.0736. The van der Waals surface area contributed by atoms with Gasteiger partial charge in [0.05, 0.1) is 17.9 Å². The second-order valence-electron chi connectivity index (χ2n) is 6.96. The number of nitrogens with one attached hydrogen (secondary N) is 1. The Hall–Kier alpha value is -3.03. The zero-order valence-corrected chi connectivity index (χ0v) is 14.7. The molecule has 0 spiro atoms. The van der Waals surface area contributed by atoms with Gasteiger partial charge in [0.2, 0.25) is 0 Å². The average molecular weight is 369 g/mol. The van der Waals surface area contributed by atoms with Crippen molar-refractivity contribution in [1.82, 2.24) is 19.8 Å². The van der Waals surface area contributed by atoms with Crippen LogP contribution in [-0.2, 0) is 0 Å². The number of halogens is 1. The second-order valence-corrected chi connectivity index (χ2v) is 6.96. The van der Waals surface area contributed by atoms with Gasteiger partial charge in [0, 0.05) is 32.0 Å². The molecule has 1 N–H and O–H groups in total. The van der Waals surface area contributed by atoms with Crippen LogP contribution in [0.2, 0.25) is 0 Å². The van der Waals surface area contributed by atoms with E-state index in [0.29, 0.717) is 25.3 Å². The van der Waals surface area contributed by atoms with E-state index in [1.807, 2.05) is 0 Å². The molecule has 2 aromatic rings. The molecule has 2 bridgehead atoms. The predicted octanol–water partition coefficient (Wildman–Crippen LogP) is 2.38. The number of fused-ring (bicyclic) bond motifs is 4. The van der Waals surface area contributed by atoms with Crippen molar-refractivity contribution in [3.05, 3.63) is 54.4 Å². The van der Waals surface area contributed by atoms with Crippen molar-refractivity contribution in [2.24, 2.45) is 5.92 Å². The number of benzene rings is 1. The number of rotatable bonds is 2. The van der Waals surface area contributed by atoms with Crippen LogP contribution >= 0.6 is 0 Å². The van der Waals surface area contributed by atoms with Crippen LogP contribution in [0, 0.1) is 11.7 Å². The topological polar surface area (TPSA) is 78.4 Å². The molecule has 3 saturated heterocycles. The molecule has 3 fully saturated rings. The minimum atomic E-state index is -0.467. The number of para-hydroxylation sites is 1. The fourth-order valence-corrected chi connectivity index (χ4v) is 3.82. The maximum atomic E-state index is 13.8. The number of hydrogen-bond donors (Lipinski definition) is 1. The van der Waals surface area contributed by atoms with Crippen molar-refractivity contribution in [3.8, 4) is 0 Å². The van der Waals surface area contributed by atoms with E-state index in [2.05, 4.69) is 15.3 Å². The van der Waals surface area contributed by atoms with Crippen LogP contribution in [0.25, 0.3) is 0 Å². The quantitative estimate of drug-likeness (QED) is 0.882. The van der Waals surface area contributed by atoms with E-state index in [4.69, 9.17) is 0 Å². The van der Waals surface area contributed by atoms with Crippen molar-refractivity contribution in [3.63, 3.8) is 0 Å². The highest BCUT2D eigenvalue weighted by Crippen LogP contribution is 2.29. The van der Waals surface area contributed by atoms with E-state index in [-0.39, 0.29) is 29.6 Å². The van der Waals surface area contributed by atoms with Gasteiger partial charge in [-0.05, 0) is 30.9 Å². The van der Waals surface area contributed by atoms with Gasteiger partial charge in [-0.15, -0.1) is 0 Å². The third-order valence-corrected chi connectivity index (χ3v) is 5.16. The number of urea groups is 1. The third kappa shape index (κ3) is 3.60. The summed E-state index contributed by atoms with van der Waals surface area (Å²) in [6.45, 7) is 1.57. The van der Waals surface area contributed by atoms with Crippen LogP contribution in [0.4, 0.5) is 14.9 Å². The lowest BCUT2D eigenvalue weighted by atomic mass is 9.95. The van der Waals surface area contributed by atoms with Gasteiger partial charge in [-0.3, -0.25) is 9.78 Å². The van der Waals surface area contributed by atoms with E-state index < -0.39 is 5.82 Å². The summed E-state index contributed by atoms with van der Waals surface area (Å²) in [6, 6.07) is 5.67. The van der Waals surface area contributed by atoms with Crippen LogP contribution in [0.5, 0.6) is 0 Å². The Labute approximate surface area is 156 Å². The third-order valence-electron chi connectivity index (χ3n) is 5.16. The summed E-state index contributed by atoms with van der Waals surface area (Å²) in [7, 11) is 0. The Bertz CT molecular complexity index is 847. The summed E-state index contributed by atoms with van der Waals surface area (Å²) in [5.41, 5.74) is 0.469. The normalized spacial score (nSPS) is 21.7. The molecule has 3 aliphatic rings. The van der Waals surface area contributed by atoms with Gasteiger partial charge < -0.3 is 15.1 Å². The summed E-state index contributed by atoms with van der Waals surface area (Å²) >= 11 is 0. The van der Waals surface area contributed by atoms with E-state index in [0.717, 1.165) is 12.8 Å². The average Bonchev–Trinajstić information content (AvgIpc) is 3.02. The van der Waals surface area contributed by atoms with E-state index >= 15 is 0 Å². The second kappa shape index (κ2) is 7.30. The first-order valence-electron chi connectivity index (χ1n) is 8.99. The lowest BCUT2D eigenvalue weighted by Crippen LogP contribution is -2.49. The first-order chi connectivity index (χ1) is 13.1. The fourth-order valence-electron chi connectivity index (χ4n) is 3.82. The highest BCUT2D eigenvalue weighted by molar-refractivity contribution is 5.92.